The Labute approximate surface area is 79.7 Å². The SMILES string of the molecule is CC(=O)NCCCC1=CCCC=C1. The number of nitrogens with one attached hydrogen (secondary N) is 1. The monoisotopic (exact) mass is 179 g/mol. The molecule has 0 fully saturated rings. The van der Waals surface area contributed by atoms with Gasteiger partial charge in [-0.2, -0.15) is 0 Å². The Hall–Kier alpha value is -1.05. The highest BCUT2D eigenvalue weighted by Crippen LogP contribution is 2.13. The van der Waals surface area contributed by atoms with Crippen molar-refractivity contribution in [3.8, 4) is 0 Å². The molecule has 0 spiro atoms. The van der Waals surface area contributed by atoms with Crippen molar-refractivity contribution in [2.45, 2.75) is 32.6 Å². The van der Waals surface area contributed by atoms with Crippen molar-refractivity contribution in [2.24, 2.45) is 0 Å². The van der Waals surface area contributed by atoms with Crippen LogP contribution in [0.3, 0.4) is 0 Å². The van der Waals surface area contributed by atoms with Gasteiger partial charge < -0.3 is 5.32 Å². The van der Waals surface area contributed by atoms with Crippen LogP contribution in [0.15, 0.2) is 23.8 Å². The van der Waals surface area contributed by atoms with Crippen LogP contribution >= 0.6 is 0 Å². The number of amides is 1. The molecule has 1 amide bonds. The first-order valence-corrected chi connectivity index (χ1v) is 4.89. The van der Waals surface area contributed by atoms with Gasteiger partial charge in [-0.05, 0) is 25.7 Å². The van der Waals surface area contributed by atoms with E-state index in [1.807, 2.05) is 0 Å². The molecule has 1 aliphatic carbocycles. The van der Waals surface area contributed by atoms with Crippen LogP contribution < -0.4 is 5.32 Å². The summed E-state index contributed by atoms with van der Waals surface area (Å²) in [6.07, 6.45) is 11.2. The summed E-state index contributed by atoms with van der Waals surface area (Å²) in [6, 6.07) is 0. The number of rotatable bonds is 4. The van der Waals surface area contributed by atoms with Crippen molar-refractivity contribution in [3.05, 3.63) is 23.8 Å². The zero-order valence-corrected chi connectivity index (χ0v) is 8.18. The number of hydrogen-bond acceptors (Lipinski definition) is 1. The Morgan fingerprint density at radius 1 is 1.54 bits per heavy atom. The standard InChI is InChI=1S/C11H17NO/c1-10(13)12-9-5-8-11-6-3-2-4-7-11/h3,6-7H,2,4-5,8-9H2,1H3,(H,12,13). The molecule has 0 saturated heterocycles. The van der Waals surface area contributed by atoms with E-state index in [4.69, 9.17) is 0 Å². The third-order valence-corrected chi connectivity index (χ3v) is 2.09. The first-order valence-electron chi connectivity index (χ1n) is 4.89. The summed E-state index contributed by atoms with van der Waals surface area (Å²) in [4.78, 5) is 10.6. The Bertz CT molecular complexity index is 228. The molecule has 0 aromatic heterocycles. The highest BCUT2D eigenvalue weighted by molar-refractivity contribution is 5.72. The largest absolute Gasteiger partial charge is 0.356 e. The van der Waals surface area contributed by atoms with E-state index in [1.54, 1.807) is 6.92 Å². The van der Waals surface area contributed by atoms with Gasteiger partial charge in [-0.25, -0.2) is 0 Å². The van der Waals surface area contributed by atoms with Gasteiger partial charge in [-0.3, -0.25) is 4.79 Å². The lowest BCUT2D eigenvalue weighted by atomic mass is 10.0. The molecule has 0 aromatic rings. The molecular weight excluding hydrogens is 162 g/mol. The molecule has 0 radical (unpaired) electrons. The van der Waals surface area contributed by atoms with E-state index in [0.29, 0.717) is 0 Å². The van der Waals surface area contributed by atoms with E-state index in [0.717, 1.165) is 19.4 Å². The Morgan fingerprint density at radius 2 is 2.38 bits per heavy atom. The smallest absolute Gasteiger partial charge is 0.216 e. The average Bonchev–Trinajstić information content (AvgIpc) is 2.14. The first-order chi connectivity index (χ1) is 6.29. The summed E-state index contributed by atoms with van der Waals surface area (Å²) < 4.78 is 0. The van der Waals surface area contributed by atoms with E-state index in [2.05, 4.69) is 23.5 Å². The van der Waals surface area contributed by atoms with Gasteiger partial charge in [-0.1, -0.05) is 23.8 Å². The Kier molecular flexibility index (Phi) is 4.30. The van der Waals surface area contributed by atoms with E-state index in [-0.39, 0.29) is 5.91 Å². The van der Waals surface area contributed by atoms with E-state index in [1.165, 1.54) is 18.4 Å². The molecule has 1 N–H and O–H groups in total. The minimum absolute atomic E-state index is 0.0631. The molecule has 0 aliphatic heterocycles. The predicted octanol–water partition coefficient (Wildman–Crippen LogP) is 2.18. The number of hydrogen-bond donors (Lipinski definition) is 1. The molecular formula is C11H17NO. The average molecular weight is 179 g/mol. The van der Waals surface area contributed by atoms with Crippen LogP contribution in [-0.2, 0) is 4.79 Å². The maximum atomic E-state index is 10.6. The van der Waals surface area contributed by atoms with Gasteiger partial charge in [-0.15, -0.1) is 0 Å². The van der Waals surface area contributed by atoms with Crippen LogP contribution in [0.4, 0.5) is 0 Å². The lowest BCUT2D eigenvalue weighted by Crippen LogP contribution is -2.20. The van der Waals surface area contributed by atoms with Crippen LogP contribution in [0, 0.1) is 0 Å². The van der Waals surface area contributed by atoms with Crippen molar-refractivity contribution in [1.82, 2.24) is 5.32 Å². The molecule has 1 aliphatic rings. The van der Waals surface area contributed by atoms with Crippen molar-refractivity contribution in [2.75, 3.05) is 6.54 Å². The van der Waals surface area contributed by atoms with Crippen LogP contribution in [0.5, 0.6) is 0 Å². The molecule has 0 saturated carbocycles. The summed E-state index contributed by atoms with van der Waals surface area (Å²) in [5, 5.41) is 2.79. The summed E-state index contributed by atoms with van der Waals surface area (Å²) in [7, 11) is 0. The molecule has 0 bridgehead atoms. The molecule has 0 atom stereocenters. The Morgan fingerprint density at radius 3 is 3.00 bits per heavy atom. The quantitative estimate of drug-likeness (QED) is 0.658. The molecule has 0 heterocycles. The summed E-state index contributed by atoms with van der Waals surface area (Å²) in [6.45, 7) is 2.35. The van der Waals surface area contributed by atoms with Crippen LogP contribution in [0.25, 0.3) is 0 Å². The van der Waals surface area contributed by atoms with Crippen LogP contribution in [0.2, 0.25) is 0 Å². The second kappa shape index (κ2) is 5.57. The maximum absolute atomic E-state index is 10.6. The zero-order valence-electron chi connectivity index (χ0n) is 8.18. The van der Waals surface area contributed by atoms with Gasteiger partial charge in [0.1, 0.15) is 0 Å². The third kappa shape index (κ3) is 4.51. The molecule has 2 nitrogen and oxygen atoms in total. The van der Waals surface area contributed by atoms with Crippen LogP contribution in [-0.4, -0.2) is 12.5 Å². The van der Waals surface area contributed by atoms with E-state index in [9.17, 15) is 4.79 Å². The summed E-state index contributed by atoms with van der Waals surface area (Å²) in [5.74, 6) is 0.0631. The highest BCUT2D eigenvalue weighted by atomic mass is 16.1. The molecule has 2 heteroatoms. The number of allylic oxidation sites excluding steroid dienone is 4. The normalized spacial score (nSPS) is 15.3. The minimum atomic E-state index is 0.0631. The zero-order chi connectivity index (χ0) is 9.52. The van der Waals surface area contributed by atoms with Gasteiger partial charge in [0.15, 0.2) is 0 Å². The van der Waals surface area contributed by atoms with Crippen LogP contribution in [0.1, 0.15) is 32.6 Å². The Balaban J connectivity index is 2.08. The molecule has 0 unspecified atom stereocenters. The second-order valence-corrected chi connectivity index (χ2v) is 3.35. The summed E-state index contributed by atoms with van der Waals surface area (Å²) in [5.41, 5.74) is 1.41. The van der Waals surface area contributed by atoms with Crippen molar-refractivity contribution in [1.29, 1.82) is 0 Å². The fourth-order valence-corrected chi connectivity index (χ4v) is 1.41. The fraction of sp³-hybridized carbons (Fsp3) is 0.545. The number of carbonyl (C=O) groups excluding carboxylic acids is 1. The van der Waals surface area contributed by atoms with Gasteiger partial charge in [0.25, 0.3) is 0 Å². The molecule has 0 aromatic carbocycles. The predicted molar refractivity (Wildman–Crippen MR) is 54.4 cm³/mol. The minimum Gasteiger partial charge on any atom is -0.356 e. The maximum Gasteiger partial charge on any atom is 0.216 e. The molecule has 72 valence electrons. The van der Waals surface area contributed by atoms with Crippen molar-refractivity contribution in [3.63, 3.8) is 0 Å². The molecule has 13 heavy (non-hydrogen) atoms. The van der Waals surface area contributed by atoms with Gasteiger partial charge in [0.2, 0.25) is 5.91 Å². The van der Waals surface area contributed by atoms with Crippen molar-refractivity contribution >= 4 is 5.91 Å². The lowest BCUT2D eigenvalue weighted by Gasteiger charge is -2.06. The second-order valence-electron chi connectivity index (χ2n) is 3.35. The van der Waals surface area contributed by atoms with E-state index < -0.39 is 0 Å². The third-order valence-electron chi connectivity index (χ3n) is 2.09. The van der Waals surface area contributed by atoms with Gasteiger partial charge in [0.05, 0.1) is 0 Å². The van der Waals surface area contributed by atoms with E-state index >= 15 is 0 Å². The van der Waals surface area contributed by atoms with Crippen molar-refractivity contribution < 1.29 is 4.79 Å². The highest BCUT2D eigenvalue weighted by Gasteiger charge is 1.97. The van der Waals surface area contributed by atoms with Gasteiger partial charge in [0, 0.05) is 13.5 Å². The lowest BCUT2D eigenvalue weighted by molar-refractivity contribution is -0.118. The van der Waals surface area contributed by atoms with Gasteiger partial charge >= 0.3 is 0 Å². The topological polar surface area (TPSA) is 29.1 Å². The fourth-order valence-electron chi connectivity index (χ4n) is 1.41. The summed E-state index contributed by atoms with van der Waals surface area (Å²) >= 11 is 0. The number of carbonyl (C=O) groups is 1. The first kappa shape index (κ1) is 10.0. The molecule has 1 rings (SSSR count).